The SMILES string of the molecule is CC(N)=C(C#N)C(=O)COC(=O)c1ccc(N2CCCC2=O)cc1. The minimum Gasteiger partial charge on any atom is -0.454 e. The molecule has 1 heterocycles. The Morgan fingerprint density at radius 3 is 2.50 bits per heavy atom. The molecule has 0 unspecified atom stereocenters. The lowest BCUT2D eigenvalue weighted by Gasteiger charge is -2.15. The molecular formula is C17H17N3O4. The lowest BCUT2D eigenvalue weighted by atomic mass is 10.1. The number of nitrogens with zero attached hydrogens (tertiary/aromatic N) is 2. The highest BCUT2D eigenvalue weighted by atomic mass is 16.5. The number of nitrogens with two attached hydrogens (primary N) is 1. The Balaban J connectivity index is 1.98. The second kappa shape index (κ2) is 7.42. The van der Waals surface area contributed by atoms with Crippen LogP contribution >= 0.6 is 0 Å². The molecule has 0 aromatic heterocycles. The summed E-state index contributed by atoms with van der Waals surface area (Å²) in [7, 11) is 0. The van der Waals surface area contributed by atoms with Crippen LogP contribution in [-0.4, -0.2) is 30.8 Å². The number of anilines is 1. The number of esters is 1. The molecule has 0 radical (unpaired) electrons. The summed E-state index contributed by atoms with van der Waals surface area (Å²) in [5.41, 5.74) is 6.26. The van der Waals surface area contributed by atoms with Gasteiger partial charge in [0.15, 0.2) is 6.61 Å². The monoisotopic (exact) mass is 327 g/mol. The number of hydrogen-bond acceptors (Lipinski definition) is 6. The van der Waals surface area contributed by atoms with Gasteiger partial charge in [-0.05, 0) is 37.6 Å². The van der Waals surface area contributed by atoms with E-state index in [2.05, 4.69) is 0 Å². The van der Waals surface area contributed by atoms with Crippen LogP contribution in [0.25, 0.3) is 0 Å². The van der Waals surface area contributed by atoms with Gasteiger partial charge in [0.2, 0.25) is 11.7 Å². The van der Waals surface area contributed by atoms with Gasteiger partial charge in [-0.1, -0.05) is 0 Å². The van der Waals surface area contributed by atoms with Crippen LogP contribution in [0.2, 0.25) is 0 Å². The van der Waals surface area contributed by atoms with Crippen molar-refractivity contribution in [2.45, 2.75) is 19.8 Å². The molecule has 7 heteroatoms. The van der Waals surface area contributed by atoms with Gasteiger partial charge < -0.3 is 15.4 Å². The number of ketones is 1. The van der Waals surface area contributed by atoms with Gasteiger partial charge in [-0.3, -0.25) is 9.59 Å². The predicted octanol–water partition coefficient (Wildman–Crippen LogP) is 1.30. The van der Waals surface area contributed by atoms with E-state index >= 15 is 0 Å². The molecule has 0 bridgehead atoms. The number of ether oxygens (including phenoxy) is 1. The predicted molar refractivity (Wildman–Crippen MR) is 85.8 cm³/mol. The van der Waals surface area contributed by atoms with Crippen LogP contribution in [0.15, 0.2) is 35.5 Å². The number of rotatable bonds is 5. The minimum atomic E-state index is -0.686. The molecule has 24 heavy (non-hydrogen) atoms. The van der Waals surface area contributed by atoms with Crippen molar-refractivity contribution in [2.75, 3.05) is 18.1 Å². The fraction of sp³-hybridized carbons (Fsp3) is 0.294. The van der Waals surface area contributed by atoms with Crippen molar-refractivity contribution in [1.29, 1.82) is 5.26 Å². The van der Waals surface area contributed by atoms with E-state index in [1.165, 1.54) is 19.1 Å². The summed E-state index contributed by atoms with van der Waals surface area (Å²) in [6, 6.07) is 8.06. The number of amides is 1. The number of Topliss-reactive ketones (excluding diaryl/α,β-unsaturated/α-hetero) is 1. The lowest BCUT2D eigenvalue weighted by molar-refractivity contribution is -0.118. The van der Waals surface area contributed by atoms with Crippen LogP contribution in [0.3, 0.4) is 0 Å². The number of nitriles is 1. The lowest BCUT2D eigenvalue weighted by Crippen LogP contribution is -2.23. The first-order valence-electron chi connectivity index (χ1n) is 7.41. The first kappa shape index (κ1) is 17.2. The van der Waals surface area contributed by atoms with Crippen LogP contribution in [0, 0.1) is 11.3 Å². The smallest absolute Gasteiger partial charge is 0.338 e. The standard InChI is InChI=1S/C17H17N3O4/c1-11(19)14(9-18)15(21)10-24-17(23)12-4-6-13(7-5-12)20-8-2-3-16(20)22/h4-7H,2-3,8,10,19H2,1H3. The van der Waals surface area contributed by atoms with E-state index in [4.69, 9.17) is 15.7 Å². The highest BCUT2D eigenvalue weighted by molar-refractivity contribution is 6.02. The zero-order chi connectivity index (χ0) is 17.7. The number of hydrogen-bond donors (Lipinski definition) is 1. The van der Waals surface area contributed by atoms with Gasteiger partial charge in [0, 0.05) is 24.4 Å². The van der Waals surface area contributed by atoms with E-state index in [9.17, 15) is 14.4 Å². The number of carbonyl (C=O) groups excluding carboxylic acids is 3. The van der Waals surface area contributed by atoms with E-state index in [-0.39, 0.29) is 22.7 Å². The van der Waals surface area contributed by atoms with Crippen molar-refractivity contribution >= 4 is 23.3 Å². The molecule has 1 fully saturated rings. The molecule has 0 saturated carbocycles. The van der Waals surface area contributed by atoms with Crippen LogP contribution in [0.5, 0.6) is 0 Å². The van der Waals surface area contributed by atoms with Gasteiger partial charge in [0.1, 0.15) is 11.6 Å². The van der Waals surface area contributed by atoms with Gasteiger partial charge in [0.25, 0.3) is 0 Å². The largest absolute Gasteiger partial charge is 0.454 e. The van der Waals surface area contributed by atoms with E-state index in [1.807, 2.05) is 0 Å². The molecule has 0 atom stereocenters. The maximum atomic E-state index is 11.9. The number of carbonyl (C=O) groups is 3. The van der Waals surface area contributed by atoms with Gasteiger partial charge >= 0.3 is 5.97 Å². The quantitative estimate of drug-likeness (QED) is 0.495. The summed E-state index contributed by atoms with van der Waals surface area (Å²) in [5, 5.41) is 8.82. The Morgan fingerprint density at radius 1 is 1.33 bits per heavy atom. The molecule has 7 nitrogen and oxygen atoms in total. The van der Waals surface area contributed by atoms with E-state index in [0.717, 1.165) is 12.1 Å². The molecule has 1 aliphatic rings. The maximum Gasteiger partial charge on any atom is 0.338 e. The Hall–Kier alpha value is -3.14. The topological polar surface area (TPSA) is 113 Å². The summed E-state index contributed by atoms with van der Waals surface area (Å²) >= 11 is 0. The van der Waals surface area contributed by atoms with Crippen LogP contribution < -0.4 is 10.6 Å². The van der Waals surface area contributed by atoms with Crippen molar-refractivity contribution in [1.82, 2.24) is 0 Å². The van der Waals surface area contributed by atoms with E-state index < -0.39 is 18.4 Å². The van der Waals surface area contributed by atoms with Crippen molar-refractivity contribution in [2.24, 2.45) is 5.73 Å². The van der Waals surface area contributed by atoms with Crippen LogP contribution in [0.4, 0.5) is 5.69 Å². The summed E-state index contributed by atoms with van der Waals surface area (Å²) in [6.07, 6.45) is 1.35. The summed E-state index contributed by atoms with van der Waals surface area (Å²) < 4.78 is 4.90. The van der Waals surface area contributed by atoms with E-state index in [0.29, 0.717) is 13.0 Å². The molecule has 1 aliphatic heterocycles. The molecule has 1 aromatic carbocycles. The normalized spacial score (nSPS) is 14.8. The van der Waals surface area contributed by atoms with E-state index in [1.54, 1.807) is 23.1 Å². The Labute approximate surface area is 139 Å². The van der Waals surface area contributed by atoms with Crippen molar-refractivity contribution < 1.29 is 19.1 Å². The number of allylic oxidation sites excluding steroid dienone is 1. The average molecular weight is 327 g/mol. The van der Waals surface area contributed by atoms with Crippen molar-refractivity contribution in [3.05, 3.63) is 41.1 Å². The second-order valence-electron chi connectivity index (χ2n) is 5.36. The van der Waals surface area contributed by atoms with Gasteiger partial charge in [-0.15, -0.1) is 0 Å². The molecule has 1 aromatic rings. The summed E-state index contributed by atoms with van der Waals surface area (Å²) in [4.78, 5) is 37.0. The molecule has 2 rings (SSSR count). The third-order valence-corrected chi connectivity index (χ3v) is 3.61. The fourth-order valence-electron chi connectivity index (χ4n) is 2.36. The Morgan fingerprint density at radius 2 is 2.00 bits per heavy atom. The molecule has 1 amide bonds. The maximum absolute atomic E-state index is 11.9. The first-order chi connectivity index (χ1) is 11.4. The first-order valence-corrected chi connectivity index (χ1v) is 7.41. The minimum absolute atomic E-state index is 0.0592. The molecule has 124 valence electrons. The van der Waals surface area contributed by atoms with Gasteiger partial charge in [0.05, 0.1) is 5.56 Å². The number of benzene rings is 1. The summed E-state index contributed by atoms with van der Waals surface area (Å²) in [5.74, 6) is -1.27. The van der Waals surface area contributed by atoms with Crippen LogP contribution in [-0.2, 0) is 14.3 Å². The Kier molecular flexibility index (Phi) is 5.32. The van der Waals surface area contributed by atoms with Gasteiger partial charge in [-0.25, -0.2) is 4.79 Å². The molecular weight excluding hydrogens is 310 g/mol. The molecule has 0 spiro atoms. The molecule has 2 N–H and O–H groups in total. The summed E-state index contributed by atoms with van der Waals surface area (Å²) in [6.45, 7) is 1.54. The zero-order valence-corrected chi connectivity index (χ0v) is 13.2. The molecule has 1 saturated heterocycles. The molecule has 0 aliphatic carbocycles. The average Bonchev–Trinajstić information content (AvgIpc) is 2.99. The van der Waals surface area contributed by atoms with Gasteiger partial charge in [-0.2, -0.15) is 5.26 Å². The fourth-order valence-corrected chi connectivity index (χ4v) is 2.36. The van der Waals surface area contributed by atoms with Crippen molar-refractivity contribution in [3.8, 4) is 6.07 Å². The highest BCUT2D eigenvalue weighted by Gasteiger charge is 2.22. The third kappa shape index (κ3) is 3.79. The zero-order valence-electron chi connectivity index (χ0n) is 13.2. The highest BCUT2D eigenvalue weighted by Crippen LogP contribution is 2.21. The second-order valence-corrected chi connectivity index (χ2v) is 5.36. The van der Waals surface area contributed by atoms with Crippen LogP contribution in [0.1, 0.15) is 30.1 Å². The van der Waals surface area contributed by atoms with Crippen molar-refractivity contribution in [3.63, 3.8) is 0 Å². The third-order valence-electron chi connectivity index (χ3n) is 3.61. The Bertz CT molecular complexity index is 740.